The third-order valence-electron chi connectivity index (χ3n) is 4.96. The van der Waals surface area contributed by atoms with Gasteiger partial charge in [0.15, 0.2) is 5.78 Å². The molecule has 0 saturated heterocycles. The van der Waals surface area contributed by atoms with E-state index in [-0.39, 0.29) is 17.1 Å². The van der Waals surface area contributed by atoms with E-state index >= 15 is 0 Å². The quantitative estimate of drug-likeness (QED) is 0.414. The second-order valence-electron chi connectivity index (χ2n) is 6.76. The van der Waals surface area contributed by atoms with E-state index in [9.17, 15) is 14.0 Å². The molecule has 4 rings (SSSR count). The summed E-state index contributed by atoms with van der Waals surface area (Å²) in [6, 6.07) is 17.7. The van der Waals surface area contributed by atoms with Crippen LogP contribution in [0.1, 0.15) is 34.3 Å². The second kappa shape index (κ2) is 7.21. The van der Waals surface area contributed by atoms with Gasteiger partial charge >= 0.3 is 0 Å². The molecule has 0 aliphatic carbocycles. The van der Waals surface area contributed by atoms with Crippen molar-refractivity contribution in [1.29, 1.82) is 0 Å². The molecule has 3 aromatic carbocycles. The summed E-state index contributed by atoms with van der Waals surface area (Å²) < 4.78 is 19.3. The number of fused-ring (bicyclic) bond motifs is 2. The van der Waals surface area contributed by atoms with Gasteiger partial charge in [0.25, 0.3) is 0 Å². The zero-order valence-corrected chi connectivity index (χ0v) is 15.7. The Morgan fingerprint density at radius 2 is 1.64 bits per heavy atom. The highest BCUT2D eigenvalue weighted by Gasteiger charge is 2.40. The lowest BCUT2D eigenvalue weighted by Gasteiger charge is -2.32. The molecule has 0 saturated carbocycles. The van der Waals surface area contributed by atoms with Crippen molar-refractivity contribution >= 4 is 23.2 Å². The highest BCUT2D eigenvalue weighted by atomic mass is 35.5. The minimum Gasteiger partial charge on any atom is -0.457 e. The molecule has 0 amide bonds. The molecule has 140 valence electrons. The van der Waals surface area contributed by atoms with Gasteiger partial charge in [0.05, 0.1) is 5.92 Å². The number of Topliss-reactive ketones (excluding diaryl/α,β-unsaturated/α-hetero) is 2. The SMILES string of the molecule is CC(=O)[C@H](C(=O)c1ccc(F)cc1)[C@H]1c2ccccc2Oc2ccc(Cl)cc21. The van der Waals surface area contributed by atoms with E-state index in [2.05, 4.69) is 0 Å². The maximum atomic E-state index is 13.3. The summed E-state index contributed by atoms with van der Waals surface area (Å²) in [7, 11) is 0. The van der Waals surface area contributed by atoms with Crippen LogP contribution in [0.5, 0.6) is 11.5 Å². The van der Waals surface area contributed by atoms with Gasteiger partial charge in [0, 0.05) is 27.6 Å². The van der Waals surface area contributed by atoms with Crippen molar-refractivity contribution in [2.24, 2.45) is 5.92 Å². The van der Waals surface area contributed by atoms with Crippen LogP contribution >= 0.6 is 11.6 Å². The number of benzene rings is 3. The van der Waals surface area contributed by atoms with E-state index in [1.54, 1.807) is 24.3 Å². The molecule has 28 heavy (non-hydrogen) atoms. The summed E-state index contributed by atoms with van der Waals surface area (Å²) in [5, 5.41) is 0.489. The van der Waals surface area contributed by atoms with Crippen LogP contribution in [0.15, 0.2) is 66.7 Å². The molecule has 0 spiro atoms. The molecule has 3 aromatic rings. The van der Waals surface area contributed by atoms with Gasteiger partial charge in [-0.05, 0) is 55.5 Å². The topological polar surface area (TPSA) is 43.4 Å². The summed E-state index contributed by atoms with van der Waals surface area (Å²) in [5.74, 6) is -1.44. The van der Waals surface area contributed by atoms with Crippen LogP contribution in [0, 0.1) is 11.7 Å². The third-order valence-corrected chi connectivity index (χ3v) is 5.20. The molecule has 2 atom stereocenters. The predicted molar refractivity (Wildman–Crippen MR) is 105 cm³/mol. The highest BCUT2D eigenvalue weighted by molar-refractivity contribution is 6.30. The van der Waals surface area contributed by atoms with E-state index in [4.69, 9.17) is 16.3 Å². The van der Waals surface area contributed by atoms with Crippen molar-refractivity contribution in [2.45, 2.75) is 12.8 Å². The Morgan fingerprint density at radius 1 is 0.964 bits per heavy atom. The Labute approximate surface area is 166 Å². The van der Waals surface area contributed by atoms with Crippen LogP contribution < -0.4 is 4.74 Å². The summed E-state index contributed by atoms with van der Waals surface area (Å²) in [5.41, 5.74) is 1.71. The van der Waals surface area contributed by atoms with Crippen molar-refractivity contribution in [3.8, 4) is 11.5 Å². The molecule has 3 nitrogen and oxygen atoms in total. The Bertz CT molecular complexity index is 1080. The normalized spacial score (nSPS) is 15.8. The van der Waals surface area contributed by atoms with Crippen molar-refractivity contribution < 1.29 is 18.7 Å². The second-order valence-corrected chi connectivity index (χ2v) is 7.20. The van der Waals surface area contributed by atoms with Crippen molar-refractivity contribution in [3.63, 3.8) is 0 Å². The zero-order valence-electron chi connectivity index (χ0n) is 15.0. The maximum Gasteiger partial charge on any atom is 0.174 e. The zero-order chi connectivity index (χ0) is 19.8. The van der Waals surface area contributed by atoms with E-state index in [1.165, 1.54) is 31.2 Å². The van der Waals surface area contributed by atoms with Crippen molar-refractivity contribution in [3.05, 3.63) is 94.3 Å². The molecule has 1 heterocycles. The predicted octanol–water partition coefficient (Wildman–Crippen LogP) is 5.80. The van der Waals surface area contributed by atoms with Crippen LogP contribution in [0.3, 0.4) is 0 Å². The number of ketones is 2. The summed E-state index contributed by atoms with van der Waals surface area (Å²) in [6.45, 7) is 1.40. The standard InChI is InChI=1S/C23H16ClFO3/c1-13(26)21(23(27)14-6-9-16(25)10-7-14)22-17-4-2-3-5-19(17)28-20-11-8-15(24)12-18(20)22/h2-12,21-22H,1H3/t21-,22-/m0/s1. The van der Waals surface area contributed by atoms with E-state index in [0.29, 0.717) is 22.1 Å². The van der Waals surface area contributed by atoms with E-state index in [1.807, 2.05) is 18.2 Å². The first kappa shape index (κ1) is 18.4. The van der Waals surface area contributed by atoms with Crippen LogP contribution in [0.2, 0.25) is 5.02 Å². The van der Waals surface area contributed by atoms with Gasteiger partial charge in [-0.3, -0.25) is 9.59 Å². The number of halogens is 2. The molecule has 0 fully saturated rings. The van der Waals surface area contributed by atoms with Gasteiger partial charge in [-0.2, -0.15) is 0 Å². The van der Waals surface area contributed by atoms with E-state index < -0.39 is 17.7 Å². The van der Waals surface area contributed by atoms with Crippen LogP contribution in [-0.4, -0.2) is 11.6 Å². The number of rotatable bonds is 4. The molecule has 5 heteroatoms. The number of para-hydroxylation sites is 1. The molecule has 0 N–H and O–H groups in total. The van der Waals surface area contributed by atoms with Gasteiger partial charge in [-0.15, -0.1) is 0 Å². The maximum absolute atomic E-state index is 13.3. The molecule has 0 radical (unpaired) electrons. The Kier molecular flexibility index (Phi) is 4.73. The Morgan fingerprint density at radius 3 is 2.36 bits per heavy atom. The smallest absolute Gasteiger partial charge is 0.174 e. The summed E-state index contributed by atoms with van der Waals surface area (Å²) in [4.78, 5) is 25.9. The van der Waals surface area contributed by atoms with Gasteiger partial charge in [-0.25, -0.2) is 4.39 Å². The monoisotopic (exact) mass is 394 g/mol. The number of hydrogen-bond acceptors (Lipinski definition) is 3. The molecule has 1 aliphatic heterocycles. The molecule has 0 bridgehead atoms. The van der Waals surface area contributed by atoms with Crippen LogP contribution in [-0.2, 0) is 4.79 Å². The first-order chi connectivity index (χ1) is 13.5. The Hall–Kier alpha value is -2.98. The first-order valence-corrected chi connectivity index (χ1v) is 9.20. The largest absolute Gasteiger partial charge is 0.457 e. The van der Waals surface area contributed by atoms with Crippen LogP contribution in [0.4, 0.5) is 4.39 Å². The third kappa shape index (κ3) is 3.20. The number of carbonyl (C=O) groups excluding carboxylic acids is 2. The van der Waals surface area contributed by atoms with Gasteiger partial charge in [-0.1, -0.05) is 29.8 Å². The van der Waals surface area contributed by atoms with Gasteiger partial charge < -0.3 is 4.74 Å². The fourth-order valence-electron chi connectivity index (χ4n) is 3.70. The minimum atomic E-state index is -0.979. The van der Waals surface area contributed by atoms with E-state index in [0.717, 1.165) is 5.56 Å². The minimum absolute atomic E-state index is 0.276. The number of hydrogen-bond donors (Lipinski definition) is 0. The van der Waals surface area contributed by atoms with Gasteiger partial charge in [0.2, 0.25) is 0 Å². The molecular formula is C23H16ClFO3. The highest BCUT2D eigenvalue weighted by Crippen LogP contribution is 2.49. The van der Waals surface area contributed by atoms with Gasteiger partial charge in [0.1, 0.15) is 23.1 Å². The van der Waals surface area contributed by atoms with Crippen molar-refractivity contribution in [1.82, 2.24) is 0 Å². The number of carbonyl (C=O) groups is 2. The lowest BCUT2D eigenvalue weighted by Crippen LogP contribution is -2.31. The molecular weight excluding hydrogens is 379 g/mol. The van der Waals surface area contributed by atoms with Crippen molar-refractivity contribution in [2.75, 3.05) is 0 Å². The van der Waals surface area contributed by atoms with Crippen LogP contribution in [0.25, 0.3) is 0 Å². The lowest BCUT2D eigenvalue weighted by atomic mass is 9.74. The average molecular weight is 395 g/mol. The average Bonchev–Trinajstić information content (AvgIpc) is 2.68. The Balaban J connectivity index is 1.89. The molecule has 1 aliphatic rings. The summed E-state index contributed by atoms with van der Waals surface area (Å²) >= 11 is 6.20. The fourth-order valence-corrected chi connectivity index (χ4v) is 3.88. The number of ether oxygens (including phenoxy) is 1. The lowest BCUT2D eigenvalue weighted by molar-refractivity contribution is -0.119. The molecule has 0 aromatic heterocycles. The molecule has 0 unspecified atom stereocenters. The summed E-state index contributed by atoms with van der Waals surface area (Å²) in [6.07, 6.45) is 0. The fraction of sp³-hybridized carbons (Fsp3) is 0.130. The first-order valence-electron chi connectivity index (χ1n) is 8.82.